The minimum absolute atomic E-state index is 0.0322. The SMILES string of the molecule is C#C[C@@]1(CC(=O)OCC)CCC(O)C1O. The molecule has 0 spiro atoms. The number of rotatable bonds is 3. The van der Waals surface area contributed by atoms with Crippen LogP contribution in [0.4, 0.5) is 0 Å². The summed E-state index contributed by atoms with van der Waals surface area (Å²) in [6.07, 6.45) is 4.30. The summed E-state index contributed by atoms with van der Waals surface area (Å²) in [5.41, 5.74) is -0.953. The highest BCUT2D eigenvalue weighted by Gasteiger charge is 2.47. The lowest BCUT2D eigenvalue weighted by Gasteiger charge is -2.26. The van der Waals surface area contributed by atoms with Gasteiger partial charge in [0.25, 0.3) is 0 Å². The predicted octanol–water partition coefficient (Wildman–Crippen LogP) is 0.0748. The summed E-state index contributed by atoms with van der Waals surface area (Å²) in [5.74, 6) is 2.01. The Balaban J connectivity index is 2.71. The van der Waals surface area contributed by atoms with Gasteiger partial charge in [0.1, 0.15) is 0 Å². The minimum atomic E-state index is -1.04. The largest absolute Gasteiger partial charge is 0.466 e. The highest BCUT2D eigenvalue weighted by Crippen LogP contribution is 2.41. The van der Waals surface area contributed by atoms with E-state index in [1.54, 1.807) is 6.92 Å². The van der Waals surface area contributed by atoms with Gasteiger partial charge >= 0.3 is 5.97 Å². The molecule has 0 aliphatic heterocycles. The number of aliphatic hydroxyl groups is 2. The van der Waals surface area contributed by atoms with Crippen molar-refractivity contribution in [3.05, 3.63) is 0 Å². The third kappa shape index (κ3) is 2.31. The van der Waals surface area contributed by atoms with Crippen molar-refractivity contribution in [3.63, 3.8) is 0 Å². The Bertz CT molecular complexity index is 281. The van der Waals surface area contributed by atoms with Crippen LogP contribution in [0.25, 0.3) is 0 Å². The van der Waals surface area contributed by atoms with E-state index in [1.165, 1.54) is 0 Å². The van der Waals surface area contributed by atoms with E-state index in [2.05, 4.69) is 5.92 Å². The van der Waals surface area contributed by atoms with E-state index < -0.39 is 23.6 Å². The molecule has 0 bridgehead atoms. The monoisotopic (exact) mass is 212 g/mol. The van der Waals surface area contributed by atoms with E-state index in [0.29, 0.717) is 12.8 Å². The number of carbonyl (C=O) groups is 1. The molecule has 0 aromatic heterocycles. The van der Waals surface area contributed by atoms with Crippen LogP contribution in [-0.4, -0.2) is 35.0 Å². The molecule has 0 radical (unpaired) electrons. The molecule has 0 aromatic rings. The number of esters is 1. The maximum absolute atomic E-state index is 11.3. The van der Waals surface area contributed by atoms with Gasteiger partial charge in [-0.15, -0.1) is 6.42 Å². The zero-order chi connectivity index (χ0) is 11.5. The zero-order valence-electron chi connectivity index (χ0n) is 8.77. The third-order valence-corrected chi connectivity index (χ3v) is 2.87. The van der Waals surface area contributed by atoms with Gasteiger partial charge in [-0.05, 0) is 19.8 Å². The molecular weight excluding hydrogens is 196 g/mol. The van der Waals surface area contributed by atoms with Crippen LogP contribution in [0.1, 0.15) is 26.2 Å². The average Bonchev–Trinajstić information content (AvgIpc) is 2.48. The first kappa shape index (κ1) is 12.0. The fourth-order valence-electron chi connectivity index (χ4n) is 1.95. The molecule has 4 heteroatoms. The second-order valence-corrected chi connectivity index (χ2v) is 3.83. The summed E-state index contributed by atoms with van der Waals surface area (Å²) in [6.45, 7) is 2.00. The van der Waals surface area contributed by atoms with E-state index >= 15 is 0 Å². The first-order valence-electron chi connectivity index (χ1n) is 5.05. The van der Waals surface area contributed by atoms with Crippen LogP contribution >= 0.6 is 0 Å². The number of ether oxygens (including phenoxy) is 1. The second kappa shape index (κ2) is 4.65. The molecular formula is C11H16O4. The molecule has 1 rings (SSSR count). The lowest BCUT2D eigenvalue weighted by molar-refractivity contribution is -0.146. The number of hydrogen-bond acceptors (Lipinski definition) is 4. The van der Waals surface area contributed by atoms with Gasteiger partial charge in [0.2, 0.25) is 0 Å². The normalized spacial score (nSPS) is 34.8. The van der Waals surface area contributed by atoms with Crippen molar-refractivity contribution < 1.29 is 19.7 Å². The molecule has 4 nitrogen and oxygen atoms in total. The lowest BCUT2D eigenvalue weighted by Crippen LogP contribution is -2.36. The lowest BCUT2D eigenvalue weighted by atomic mass is 9.81. The quantitative estimate of drug-likeness (QED) is 0.513. The smallest absolute Gasteiger partial charge is 0.307 e. The average molecular weight is 212 g/mol. The second-order valence-electron chi connectivity index (χ2n) is 3.83. The molecule has 3 atom stereocenters. The molecule has 0 aromatic carbocycles. The van der Waals surface area contributed by atoms with Crippen molar-refractivity contribution in [1.82, 2.24) is 0 Å². The number of hydrogen-bond donors (Lipinski definition) is 2. The maximum atomic E-state index is 11.3. The standard InChI is InChI=1S/C11H16O4/c1-3-11(7-9(13)15-4-2)6-5-8(12)10(11)14/h1,8,10,12,14H,4-7H2,2H3/t8?,10?,11-/m0/s1. The Hall–Kier alpha value is -1.05. The molecule has 84 valence electrons. The van der Waals surface area contributed by atoms with Gasteiger partial charge in [-0.25, -0.2) is 0 Å². The van der Waals surface area contributed by atoms with Crippen molar-refractivity contribution >= 4 is 5.97 Å². The molecule has 1 fully saturated rings. The van der Waals surface area contributed by atoms with Gasteiger partial charge in [0.15, 0.2) is 0 Å². The molecule has 1 aliphatic rings. The van der Waals surface area contributed by atoms with Crippen LogP contribution in [0, 0.1) is 17.8 Å². The van der Waals surface area contributed by atoms with Crippen molar-refractivity contribution in [3.8, 4) is 12.3 Å². The molecule has 0 heterocycles. The van der Waals surface area contributed by atoms with Gasteiger partial charge in [-0.2, -0.15) is 0 Å². The Kier molecular flexibility index (Phi) is 3.72. The van der Waals surface area contributed by atoms with Crippen molar-refractivity contribution in [2.75, 3.05) is 6.61 Å². The van der Waals surface area contributed by atoms with E-state index in [4.69, 9.17) is 11.2 Å². The predicted molar refractivity (Wildman–Crippen MR) is 53.8 cm³/mol. The Labute approximate surface area is 89.2 Å². The molecule has 2 N–H and O–H groups in total. The van der Waals surface area contributed by atoms with Crippen LogP contribution in [0.15, 0.2) is 0 Å². The fourth-order valence-corrected chi connectivity index (χ4v) is 1.95. The Morgan fingerprint density at radius 3 is 2.73 bits per heavy atom. The first-order valence-corrected chi connectivity index (χ1v) is 5.05. The van der Waals surface area contributed by atoms with Crippen LogP contribution in [0.3, 0.4) is 0 Å². The van der Waals surface area contributed by atoms with E-state index in [-0.39, 0.29) is 13.0 Å². The molecule has 15 heavy (non-hydrogen) atoms. The van der Waals surface area contributed by atoms with Gasteiger partial charge in [0, 0.05) is 0 Å². The first-order chi connectivity index (χ1) is 7.05. The van der Waals surface area contributed by atoms with Gasteiger partial charge < -0.3 is 14.9 Å². The highest BCUT2D eigenvalue weighted by molar-refractivity contribution is 5.71. The van der Waals surface area contributed by atoms with Crippen molar-refractivity contribution in [1.29, 1.82) is 0 Å². The van der Waals surface area contributed by atoms with E-state index in [9.17, 15) is 15.0 Å². The highest BCUT2D eigenvalue weighted by atomic mass is 16.5. The topological polar surface area (TPSA) is 66.8 Å². The van der Waals surface area contributed by atoms with Crippen molar-refractivity contribution in [2.24, 2.45) is 5.41 Å². The Morgan fingerprint density at radius 1 is 1.67 bits per heavy atom. The number of aliphatic hydroxyl groups excluding tert-OH is 2. The summed E-state index contributed by atoms with van der Waals surface area (Å²) in [7, 11) is 0. The summed E-state index contributed by atoms with van der Waals surface area (Å²) in [6, 6.07) is 0. The zero-order valence-corrected chi connectivity index (χ0v) is 8.77. The Morgan fingerprint density at radius 2 is 2.33 bits per heavy atom. The van der Waals surface area contributed by atoms with Crippen LogP contribution in [0.2, 0.25) is 0 Å². The molecule has 0 amide bonds. The van der Waals surface area contributed by atoms with Gasteiger partial charge in [-0.3, -0.25) is 4.79 Å². The number of terminal acetylenes is 1. The van der Waals surface area contributed by atoms with Gasteiger partial charge in [0.05, 0.1) is 30.7 Å². The molecule has 0 saturated heterocycles. The summed E-state index contributed by atoms with van der Waals surface area (Å²) < 4.78 is 4.79. The molecule has 1 saturated carbocycles. The van der Waals surface area contributed by atoms with Crippen LogP contribution in [0.5, 0.6) is 0 Å². The third-order valence-electron chi connectivity index (χ3n) is 2.87. The van der Waals surface area contributed by atoms with Gasteiger partial charge in [-0.1, -0.05) is 5.92 Å². The molecule has 1 aliphatic carbocycles. The van der Waals surface area contributed by atoms with Crippen LogP contribution < -0.4 is 0 Å². The van der Waals surface area contributed by atoms with E-state index in [1.807, 2.05) is 0 Å². The summed E-state index contributed by atoms with van der Waals surface area (Å²) in [4.78, 5) is 11.3. The van der Waals surface area contributed by atoms with Crippen LogP contribution in [-0.2, 0) is 9.53 Å². The fraction of sp³-hybridized carbons (Fsp3) is 0.727. The number of carbonyl (C=O) groups excluding carboxylic acids is 1. The maximum Gasteiger partial charge on any atom is 0.307 e. The molecule has 2 unspecified atom stereocenters. The van der Waals surface area contributed by atoms with E-state index in [0.717, 1.165) is 0 Å². The van der Waals surface area contributed by atoms with Crippen molar-refractivity contribution in [2.45, 2.75) is 38.4 Å². The summed E-state index contributed by atoms with van der Waals surface area (Å²) in [5, 5.41) is 19.1. The summed E-state index contributed by atoms with van der Waals surface area (Å²) >= 11 is 0. The minimum Gasteiger partial charge on any atom is -0.466 e.